The second kappa shape index (κ2) is 8.59. The number of benzene rings is 1. The molecule has 0 spiro atoms. The SMILES string of the molecule is CC(C)Oc1cccc(/C=C/C(=O)NCC(C)(C)CCO)c1. The summed E-state index contributed by atoms with van der Waals surface area (Å²) < 4.78 is 5.62. The van der Waals surface area contributed by atoms with Gasteiger partial charge in [-0.05, 0) is 49.5 Å². The molecule has 0 radical (unpaired) electrons. The summed E-state index contributed by atoms with van der Waals surface area (Å²) in [6.07, 6.45) is 4.06. The summed E-state index contributed by atoms with van der Waals surface area (Å²) in [5.74, 6) is 0.655. The molecule has 0 saturated carbocycles. The fourth-order valence-corrected chi connectivity index (χ4v) is 1.91. The molecular formula is C18H27NO3. The van der Waals surface area contributed by atoms with Gasteiger partial charge in [0.2, 0.25) is 5.91 Å². The Hall–Kier alpha value is -1.81. The van der Waals surface area contributed by atoms with E-state index in [2.05, 4.69) is 5.32 Å². The number of aliphatic hydroxyl groups is 1. The van der Waals surface area contributed by atoms with E-state index in [1.54, 1.807) is 6.08 Å². The molecule has 0 aliphatic carbocycles. The molecule has 0 saturated heterocycles. The molecule has 0 atom stereocenters. The van der Waals surface area contributed by atoms with Crippen molar-refractivity contribution < 1.29 is 14.6 Å². The number of nitrogens with one attached hydrogen (secondary N) is 1. The summed E-state index contributed by atoms with van der Waals surface area (Å²) in [5.41, 5.74) is 0.812. The molecule has 1 aromatic carbocycles. The first-order valence-corrected chi connectivity index (χ1v) is 7.66. The predicted molar refractivity (Wildman–Crippen MR) is 89.7 cm³/mol. The average Bonchev–Trinajstić information content (AvgIpc) is 2.43. The van der Waals surface area contributed by atoms with Crippen molar-refractivity contribution in [3.63, 3.8) is 0 Å². The third-order valence-corrected chi connectivity index (χ3v) is 3.19. The Morgan fingerprint density at radius 1 is 1.41 bits per heavy atom. The first kappa shape index (κ1) is 18.2. The zero-order chi connectivity index (χ0) is 16.6. The monoisotopic (exact) mass is 305 g/mol. The van der Waals surface area contributed by atoms with Crippen molar-refractivity contribution in [2.75, 3.05) is 13.2 Å². The number of carbonyl (C=O) groups excluding carboxylic acids is 1. The maximum absolute atomic E-state index is 11.8. The summed E-state index contributed by atoms with van der Waals surface area (Å²) in [4.78, 5) is 11.8. The fourth-order valence-electron chi connectivity index (χ4n) is 1.91. The van der Waals surface area contributed by atoms with Crippen LogP contribution in [0.1, 0.15) is 39.7 Å². The quantitative estimate of drug-likeness (QED) is 0.726. The van der Waals surface area contributed by atoms with Gasteiger partial charge in [0.1, 0.15) is 5.75 Å². The van der Waals surface area contributed by atoms with E-state index in [9.17, 15) is 4.79 Å². The summed E-state index contributed by atoms with van der Waals surface area (Å²) in [5, 5.41) is 11.8. The molecule has 1 rings (SSSR count). The van der Waals surface area contributed by atoms with Crippen LogP contribution in [0.15, 0.2) is 30.3 Å². The first-order valence-electron chi connectivity index (χ1n) is 7.66. The van der Waals surface area contributed by atoms with Crippen LogP contribution in [0.5, 0.6) is 5.75 Å². The Balaban J connectivity index is 2.55. The number of amides is 1. The molecule has 22 heavy (non-hydrogen) atoms. The molecule has 1 aromatic rings. The van der Waals surface area contributed by atoms with Crippen LogP contribution < -0.4 is 10.1 Å². The van der Waals surface area contributed by atoms with Gasteiger partial charge in [0, 0.05) is 19.2 Å². The fraction of sp³-hybridized carbons (Fsp3) is 0.500. The molecule has 0 heterocycles. The highest BCUT2D eigenvalue weighted by atomic mass is 16.5. The van der Waals surface area contributed by atoms with Gasteiger partial charge in [-0.2, -0.15) is 0 Å². The molecule has 0 fully saturated rings. The number of rotatable bonds is 8. The van der Waals surface area contributed by atoms with Gasteiger partial charge >= 0.3 is 0 Å². The van der Waals surface area contributed by atoms with Gasteiger partial charge in [-0.25, -0.2) is 0 Å². The van der Waals surface area contributed by atoms with Crippen LogP contribution in [0, 0.1) is 5.41 Å². The molecule has 0 aliphatic rings. The van der Waals surface area contributed by atoms with Gasteiger partial charge in [-0.15, -0.1) is 0 Å². The van der Waals surface area contributed by atoms with E-state index in [1.165, 1.54) is 6.08 Å². The molecule has 0 bridgehead atoms. The Morgan fingerprint density at radius 3 is 2.77 bits per heavy atom. The Labute approximate surface area is 133 Å². The van der Waals surface area contributed by atoms with Crippen molar-refractivity contribution in [2.45, 2.75) is 40.2 Å². The Morgan fingerprint density at radius 2 is 2.14 bits per heavy atom. The van der Waals surface area contributed by atoms with E-state index in [0.29, 0.717) is 13.0 Å². The van der Waals surface area contributed by atoms with Gasteiger partial charge in [0.05, 0.1) is 6.10 Å². The van der Waals surface area contributed by atoms with Crippen LogP contribution in [0.25, 0.3) is 6.08 Å². The number of hydrogen-bond donors (Lipinski definition) is 2. The minimum Gasteiger partial charge on any atom is -0.491 e. The minimum absolute atomic E-state index is 0.108. The molecule has 0 aliphatic heterocycles. The zero-order valence-electron chi connectivity index (χ0n) is 13.9. The lowest BCUT2D eigenvalue weighted by Gasteiger charge is -2.23. The lowest BCUT2D eigenvalue weighted by Crippen LogP contribution is -2.33. The van der Waals surface area contributed by atoms with E-state index < -0.39 is 0 Å². The van der Waals surface area contributed by atoms with Gasteiger partial charge < -0.3 is 15.2 Å². The maximum Gasteiger partial charge on any atom is 0.244 e. The van der Waals surface area contributed by atoms with Gasteiger partial charge in [-0.3, -0.25) is 4.79 Å². The zero-order valence-corrected chi connectivity index (χ0v) is 13.9. The van der Waals surface area contributed by atoms with E-state index in [-0.39, 0.29) is 24.0 Å². The molecule has 1 amide bonds. The molecule has 0 aromatic heterocycles. The topological polar surface area (TPSA) is 58.6 Å². The van der Waals surface area contributed by atoms with Crippen molar-refractivity contribution in [3.8, 4) is 5.75 Å². The van der Waals surface area contributed by atoms with E-state index in [1.807, 2.05) is 52.0 Å². The number of carbonyl (C=O) groups is 1. The molecular weight excluding hydrogens is 278 g/mol. The molecule has 2 N–H and O–H groups in total. The van der Waals surface area contributed by atoms with Crippen molar-refractivity contribution >= 4 is 12.0 Å². The highest BCUT2D eigenvalue weighted by Gasteiger charge is 2.17. The summed E-state index contributed by atoms with van der Waals surface area (Å²) in [6, 6.07) is 7.63. The minimum atomic E-state index is -0.138. The van der Waals surface area contributed by atoms with Crippen LogP contribution in [0.2, 0.25) is 0 Å². The number of hydrogen-bond acceptors (Lipinski definition) is 3. The van der Waals surface area contributed by atoms with Crippen molar-refractivity contribution in [2.24, 2.45) is 5.41 Å². The summed E-state index contributed by atoms with van der Waals surface area (Å²) in [6.45, 7) is 8.64. The summed E-state index contributed by atoms with van der Waals surface area (Å²) >= 11 is 0. The lowest BCUT2D eigenvalue weighted by atomic mass is 9.90. The third-order valence-electron chi connectivity index (χ3n) is 3.19. The van der Waals surface area contributed by atoms with Crippen LogP contribution >= 0.6 is 0 Å². The van der Waals surface area contributed by atoms with Crippen LogP contribution in [0.3, 0.4) is 0 Å². The summed E-state index contributed by atoms with van der Waals surface area (Å²) in [7, 11) is 0. The van der Waals surface area contributed by atoms with Gasteiger partial charge in [0.15, 0.2) is 0 Å². The van der Waals surface area contributed by atoms with Gasteiger partial charge in [0.25, 0.3) is 0 Å². The lowest BCUT2D eigenvalue weighted by molar-refractivity contribution is -0.116. The number of aliphatic hydroxyl groups excluding tert-OH is 1. The van der Waals surface area contributed by atoms with Crippen molar-refractivity contribution in [1.82, 2.24) is 5.32 Å². The van der Waals surface area contributed by atoms with E-state index in [4.69, 9.17) is 9.84 Å². The largest absolute Gasteiger partial charge is 0.491 e. The van der Waals surface area contributed by atoms with Crippen molar-refractivity contribution in [1.29, 1.82) is 0 Å². The third kappa shape index (κ3) is 7.27. The molecule has 122 valence electrons. The molecule has 4 nitrogen and oxygen atoms in total. The maximum atomic E-state index is 11.8. The van der Waals surface area contributed by atoms with Gasteiger partial charge in [-0.1, -0.05) is 26.0 Å². The normalized spacial score (nSPS) is 11.9. The van der Waals surface area contributed by atoms with E-state index >= 15 is 0 Å². The Bertz CT molecular complexity index is 507. The smallest absolute Gasteiger partial charge is 0.244 e. The highest BCUT2D eigenvalue weighted by Crippen LogP contribution is 2.18. The second-order valence-electron chi connectivity index (χ2n) is 6.43. The average molecular weight is 305 g/mol. The van der Waals surface area contributed by atoms with Crippen molar-refractivity contribution in [3.05, 3.63) is 35.9 Å². The Kier molecular flexibility index (Phi) is 7.12. The predicted octanol–water partition coefficient (Wildman–Crippen LogP) is 3.01. The highest BCUT2D eigenvalue weighted by molar-refractivity contribution is 5.91. The number of ether oxygens (including phenoxy) is 1. The molecule has 4 heteroatoms. The van der Waals surface area contributed by atoms with Crippen LogP contribution in [-0.4, -0.2) is 30.3 Å². The molecule has 0 unspecified atom stereocenters. The van der Waals surface area contributed by atoms with Crippen LogP contribution in [-0.2, 0) is 4.79 Å². The standard InChI is InChI=1S/C18H27NO3/c1-14(2)22-16-7-5-6-15(12-16)8-9-17(21)19-13-18(3,4)10-11-20/h5-9,12,14,20H,10-11,13H2,1-4H3,(H,19,21)/b9-8+. The van der Waals surface area contributed by atoms with Crippen LogP contribution in [0.4, 0.5) is 0 Å². The van der Waals surface area contributed by atoms with E-state index in [0.717, 1.165) is 11.3 Å². The first-order chi connectivity index (χ1) is 10.3. The second-order valence-corrected chi connectivity index (χ2v) is 6.43.